The number of unbranched alkanes of at least 4 members (excludes halogenated alkanes) is 2. The monoisotopic (exact) mass is 233 g/mol. The Morgan fingerprint density at radius 1 is 1.35 bits per heavy atom. The minimum absolute atomic E-state index is 0.0687. The first-order valence-corrected chi connectivity index (χ1v) is 6.26. The molecule has 0 spiro atoms. The molecule has 1 aliphatic heterocycles. The van der Waals surface area contributed by atoms with Crippen LogP contribution in [0.2, 0.25) is 0 Å². The molecule has 0 radical (unpaired) electrons. The number of carbonyl (C=O) groups excluding carboxylic acids is 1. The number of fused-ring (bicyclic) bond motifs is 1. The summed E-state index contributed by atoms with van der Waals surface area (Å²) in [5.74, 6) is 0.894. The van der Waals surface area contributed by atoms with Crippen LogP contribution in [0.15, 0.2) is 18.2 Å². The van der Waals surface area contributed by atoms with Crippen LogP contribution in [0.25, 0.3) is 0 Å². The van der Waals surface area contributed by atoms with Gasteiger partial charge in [-0.15, -0.1) is 0 Å². The molecule has 0 saturated heterocycles. The molecule has 0 atom stereocenters. The molecule has 0 fully saturated rings. The maximum absolute atomic E-state index is 11.9. The van der Waals surface area contributed by atoms with Crippen molar-refractivity contribution in [3.63, 3.8) is 0 Å². The van der Waals surface area contributed by atoms with E-state index in [1.807, 2.05) is 30.0 Å². The normalized spacial score (nSPS) is 14.5. The Hall–Kier alpha value is -1.51. The Labute approximate surface area is 102 Å². The van der Waals surface area contributed by atoms with Gasteiger partial charge in [0.2, 0.25) is 0 Å². The lowest BCUT2D eigenvalue weighted by atomic mass is 10.1. The molecule has 0 aliphatic carbocycles. The van der Waals surface area contributed by atoms with Crippen LogP contribution in [-0.4, -0.2) is 19.1 Å². The van der Waals surface area contributed by atoms with Crippen molar-refractivity contribution in [2.45, 2.75) is 33.1 Å². The molecule has 0 aromatic heterocycles. The van der Waals surface area contributed by atoms with Gasteiger partial charge in [0.1, 0.15) is 5.75 Å². The zero-order valence-electron chi connectivity index (χ0n) is 10.5. The smallest absolute Gasteiger partial charge is 0.265 e. The van der Waals surface area contributed by atoms with Gasteiger partial charge < -0.3 is 9.64 Å². The first-order valence-electron chi connectivity index (χ1n) is 6.26. The molecule has 2 rings (SSSR count). The third-order valence-corrected chi connectivity index (χ3v) is 3.04. The summed E-state index contributed by atoms with van der Waals surface area (Å²) in [4.78, 5) is 13.7. The van der Waals surface area contributed by atoms with Gasteiger partial charge in [0.25, 0.3) is 5.91 Å². The summed E-state index contributed by atoms with van der Waals surface area (Å²) in [6.07, 6.45) is 3.38. The number of rotatable bonds is 4. The number of carbonyl (C=O) groups is 1. The van der Waals surface area contributed by atoms with Crippen molar-refractivity contribution < 1.29 is 9.53 Å². The number of ether oxygens (including phenoxy) is 1. The van der Waals surface area contributed by atoms with E-state index in [9.17, 15) is 4.79 Å². The van der Waals surface area contributed by atoms with Gasteiger partial charge in [0, 0.05) is 6.54 Å². The topological polar surface area (TPSA) is 29.5 Å². The molecule has 1 aromatic carbocycles. The second kappa shape index (κ2) is 5.21. The molecule has 3 nitrogen and oxygen atoms in total. The van der Waals surface area contributed by atoms with E-state index in [0.717, 1.165) is 36.4 Å². The number of benzene rings is 1. The quantitative estimate of drug-likeness (QED) is 0.748. The fourth-order valence-electron chi connectivity index (χ4n) is 2.08. The first kappa shape index (κ1) is 12.0. The molecule has 3 heteroatoms. The standard InChI is InChI=1S/C14H19NO2/c1-3-4-5-8-15-12-9-11(2)6-7-13(12)17-10-14(15)16/h6-7,9H,3-5,8,10H2,1-2H3. The van der Waals surface area contributed by atoms with Gasteiger partial charge in [-0.05, 0) is 31.0 Å². The Morgan fingerprint density at radius 2 is 2.18 bits per heavy atom. The molecule has 0 saturated carbocycles. The second-order valence-electron chi connectivity index (χ2n) is 4.51. The summed E-state index contributed by atoms with van der Waals surface area (Å²) in [5.41, 5.74) is 2.08. The van der Waals surface area contributed by atoms with Crippen LogP contribution in [-0.2, 0) is 4.79 Å². The van der Waals surface area contributed by atoms with E-state index in [-0.39, 0.29) is 12.5 Å². The molecular formula is C14H19NO2. The fraction of sp³-hybridized carbons (Fsp3) is 0.500. The predicted octanol–water partition coefficient (Wildman–Crippen LogP) is 2.91. The van der Waals surface area contributed by atoms with Crippen molar-refractivity contribution in [3.8, 4) is 5.75 Å². The van der Waals surface area contributed by atoms with E-state index in [4.69, 9.17) is 4.74 Å². The number of hydrogen-bond acceptors (Lipinski definition) is 2. The highest BCUT2D eigenvalue weighted by Crippen LogP contribution is 2.32. The van der Waals surface area contributed by atoms with Crippen molar-refractivity contribution in [1.82, 2.24) is 0 Å². The van der Waals surface area contributed by atoms with E-state index in [0.29, 0.717) is 0 Å². The average Bonchev–Trinajstić information content (AvgIpc) is 2.32. The SMILES string of the molecule is CCCCCN1C(=O)COc2ccc(C)cc21. The highest BCUT2D eigenvalue weighted by molar-refractivity contribution is 5.97. The summed E-state index contributed by atoms with van der Waals surface area (Å²) in [7, 11) is 0. The average molecular weight is 233 g/mol. The van der Waals surface area contributed by atoms with Gasteiger partial charge in [-0.2, -0.15) is 0 Å². The van der Waals surface area contributed by atoms with Crippen molar-refractivity contribution in [2.24, 2.45) is 0 Å². The summed E-state index contributed by atoms with van der Waals surface area (Å²) in [6.45, 7) is 5.16. The zero-order valence-corrected chi connectivity index (χ0v) is 10.5. The molecule has 92 valence electrons. The van der Waals surface area contributed by atoms with Gasteiger partial charge in [-0.25, -0.2) is 0 Å². The van der Waals surface area contributed by atoms with Crippen molar-refractivity contribution in [2.75, 3.05) is 18.1 Å². The molecular weight excluding hydrogens is 214 g/mol. The molecule has 17 heavy (non-hydrogen) atoms. The van der Waals surface area contributed by atoms with Crippen molar-refractivity contribution >= 4 is 11.6 Å². The fourth-order valence-corrected chi connectivity index (χ4v) is 2.08. The van der Waals surface area contributed by atoms with E-state index in [1.165, 1.54) is 6.42 Å². The van der Waals surface area contributed by atoms with Gasteiger partial charge in [0.15, 0.2) is 6.61 Å². The van der Waals surface area contributed by atoms with E-state index < -0.39 is 0 Å². The summed E-state index contributed by atoms with van der Waals surface area (Å²) < 4.78 is 5.44. The Kier molecular flexibility index (Phi) is 3.67. The number of amides is 1. The highest BCUT2D eigenvalue weighted by Gasteiger charge is 2.24. The van der Waals surface area contributed by atoms with Crippen molar-refractivity contribution in [1.29, 1.82) is 0 Å². The van der Waals surface area contributed by atoms with Crippen LogP contribution in [0.5, 0.6) is 5.75 Å². The minimum Gasteiger partial charge on any atom is -0.482 e. The van der Waals surface area contributed by atoms with Crippen LogP contribution in [0.1, 0.15) is 31.7 Å². The van der Waals surface area contributed by atoms with Gasteiger partial charge in [-0.3, -0.25) is 4.79 Å². The van der Waals surface area contributed by atoms with Gasteiger partial charge >= 0.3 is 0 Å². The summed E-state index contributed by atoms with van der Waals surface area (Å²) >= 11 is 0. The molecule has 1 aromatic rings. The lowest BCUT2D eigenvalue weighted by molar-refractivity contribution is -0.121. The van der Waals surface area contributed by atoms with E-state index in [1.54, 1.807) is 0 Å². The summed E-state index contributed by atoms with van der Waals surface area (Å²) in [6, 6.07) is 5.99. The molecule has 0 bridgehead atoms. The number of nitrogens with zero attached hydrogens (tertiary/aromatic N) is 1. The maximum atomic E-state index is 11.9. The van der Waals surface area contributed by atoms with Gasteiger partial charge in [0.05, 0.1) is 5.69 Å². The van der Waals surface area contributed by atoms with Crippen LogP contribution in [0.4, 0.5) is 5.69 Å². The molecule has 0 unspecified atom stereocenters. The maximum Gasteiger partial charge on any atom is 0.265 e. The number of anilines is 1. The zero-order chi connectivity index (χ0) is 12.3. The van der Waals surface area contributed by atoms with Crippen LogP contribution in [0, 0.1) is 6.92 Å². The van der Waals surface area contributed by atoms with Crippen LogP contribution in [0.3, 0.4) is 0 Å². The van der Waals surface area contributed by atoms with Crippen LogP contribution < -0.4 is 9.64 Å². The Bertz CT molecular complexity index is 415. The Balaban J connectivity index is 2.20. The number of aryl methyl sites for hydroxylation is 1. The van der Waals surface area contributed by atoms with Gasteiger partial charge in [-0.1, -0.05) is 25.8 Å². The van der Waals surface area contributed by atoms with Crippen molar-refractivity contribution in [3.05, 3.63) is 23.8 Å². The highest BCUT2D eigenvalue weighted by atomic mass is 16.5. The number of hydrogen-bond donors (Lipinski definition) is 0. The molecule has 1 heterocycles. The van der Waals surface area contributed by atoms with E-state index >= 15 is 0 Å². The third kappa shape index (κ3) is 2.60. The minimum atomic E-state index is 0.0687. The summed E-state index contributed by atoms with van der Waals surface area (Å²) in [5, 5.41) is 0. The second-order valence-corrected chi connectivity index (χ2v) is 4.51. The Morgan fingerprint density at radius 3 is 2.94 bits per heavy atom. The largest absolute Gasteiger partial charge is 0.482 e. The molecule has 0 N–H and O–H groups in total. The first-order chi connectivity index (χ1) is 8.22. The van der Waals surface area contributed by atoms with E-state index in [2.05, 4.69) is 6.92 Å². The molecule has 1 amide bonds. The lowest BCUT2D eigenvalue weighted by Crippen LogP contribution is -2.39. The predicted molar refractivity (Wildman–Crippen MR) is 68.6 cm³/mol. The molecule has 1 aliphatic rings. The third-order valence-electron chi connectivity index (χ3n) is 3.04. The van der Waals surface area contributed by atoms with Crippen LogP contribution >= 0.6 is 0 Å². The lowest BCUT2D eigenvalue weighted by Gasteiger charge is -2.29.